The van der Waals surface area contributed by atoms with E-state index in [1.165, 1.54) is 4.68 Å². The molecule has 1 aliphatic heterocycles. The molecule has 3 amide bonds. The maximum absolute atomic E-state index is 12.9. The molecular formula is C26H29N5O4. The summed E-state index contributed by atoms with van der Waals surface area (Å²) in [6, 6.07) is 14.5. The number of hydrogen-bond donors (Lipinski definition) is 2. The minimum Gasteiger partial charge on any atom is -0.312 e. The van der Waals surface area contributed by atoms with Gasteiger partial charge in [-0.25, -0.2) is 4.68 Å². The first-order valence-corrected chi connectivity index (χ1v) is 11.8. The van der Waals surface area contributed by atoms with Crippen molar-refractivity contribution in [2.24, 2.45) is 5.92 Å². The summed E-state index contributed by atoms with van der Waals surface area (Å²) in [4.78, 5) is 52.6. The Morgan fingerprint density at radius 1 is 1.06 bits per heavy atom. The number of hydrogen-bond acceptors (Lipinski definition) is 5. The molecule has 3 aromatic rings. The fourth-order valence-electron chi connectivity index (χ4n) is 4.23. The lowest BCUT2D eigenvalue weighted by Gasteiger charge is -2.18. The highest BCUT2D eigenvalue weighted by Gasteiger charge is 2.35. The Kier molecular flexibility index (Phi) is 6.95. The summed E-state index contributed by atoms with van der Waals surface area (Å²) >= 11 is 0. The zero-order valence-corrected chi connectivity index (χ0v) is 20.1. The summed E-state index contributed by atoms with van der Waals surface area (Å²) in [6.45, 7) is 6.67. The van der Waals surface area contributed by atoms with Gasteiger partial charge in [-0.2, -0.15) is 5.10 Å². The predicted molar refractivity (Wildman–Crippen MR) is 133 cm³/mol. The number of carbonyl (C=O) groups excluding carboxylic acids is 3. The molecule has 0 spiro atoms. The van der Waals surface area contributed by atoms with Gasteiger partial charge in [0.25, 0.3) is 11.5 Å². The number of carbonyl (C=O) groups is 3. The number of aryl methyl sites for hydroxylation is 1. The number of amides is 3. The molecule has 1 atom stereocenters. The van der Waals surface area contributed by atoms with E-state index in [1.807, 2.05) is 31.2 Å². The normalized spacial score (nSPS) is 15.6. The van der Waals surface area contributed by atoms with E-state index >= 15 is 0 Å². The van der Waals surface area contributed by atoms with Gasteiger partial charge in [0.2, 0.25) is 11.8 Å². The molecule has 2 aromatic carbocycles. The first-order chi connectivity index (χ1) is 16.8. The van der Waals surface area contributed by atoms with Crippen LogP contribution in [0, 0.1) is 5.92 Å². The maximum atomic E-state index is 12.9. The SMILES string of the molecule is CCCn1nc(C(=O)NNC(=O)C2CC(=O)N(c3cccc(C(C)C)c3)C2)c2ccccc2c1=O. The average Bonchev–Trinajstić information content (AvgIpc) is 3.26. The number of nitrogens with zero attached hydrogens (tertiary/aromatic N) is 3. The minimum atomic E-state index is -0.634. The van der Waals surface area contributed by atoms with Gasteiger partial charge >= 0.3 is 0 Å². The van der Waals surface area contributed by atoms with E-state index in [4.69, 9.17) is 0 Å². The van der Waals surface area contributed by atoms with Crippen LogP contribution in [0.3, 0.4) is 0 Å². The van der Waals surface area contributed by atoms with E-state index in [0.29, 0.717) is 29.7 Å². The first-order valence-electron chi connectivity index (χ1n) is 11.8. The van der Waals surface area contributed by atoms with E-state index < -0.39 is 17.7 Å². The lowest BCUT2D eigenvalue weighted by molar-refractivity contribution is -0.126. The van der Waals surface area contributed by atoms with Crippen molar-refractivity contribution >= 4 is 34.2 Å². The molecule has 1 aromatic heterocycles. The minimum absolute atomic E-state index is 0.0450. The molecule has 0 saturated carbocycles. The maximum Gasteiger partial charge on any atom is 0.290 e. The second kappa shape index (κ2) is 10.1. The van der Waals surface area contributed by atoms with Crippen LogP contribution < -0.4 is 21.3 Å². The molecule has 9 nitrogen and oxygen atoms in total. The Morgan fingerprint density at radius 2 is 1.80 bits per heavy atom. The quantitative estimate of drug-likeness (QED) is 0.532. The van der Waals surface area contributed by atoms with Crippen LogP contribution in [0.5, 0.6) is 0 Å². The van der Waals surface area contributed by atoms with E-state index in [2.05, 4.69) is 29.8 Å². The Morgan fingerprint density at radius 3 is 2.51 bits per heavy atom. The van der Waals surface area contributed by atoms with E-state index in [-0.39, 0.29) is 30.1 Å². The van der Waals surface area contributed by atoms with Crippen molar-refractivity contribution in [2.45, 2.75) is 46.1 Å². The number of anilines is 1. The number of rotatable bonds is 6. The van der Waals surface area contributed by atoms with Crippen molar-refractivity contribution in [3.8, 4) is 0 Å². The smallest absolute Gasteiger partial charge is 0.290 e. The van der Waals surface area contributed by atoms with Crippen LogP contribution in [-0.4, -0.2) is 34.0 Å². The summed E-state index contributed by atoms with van der Waals surface area (Å²) in [5.74, 6) is -1.52. The topological polar surface area (TPSA) is 113 Å². The van der Waals surface area contributed by atoms with Gasteiger partial charge in [0.05, 0.1) is 11.3 Å². The van der Waals surface area contributed by atoms with Crippen LogP contribution >= 0.6 is 0 Å². The molecular weight excluding hydrogens is 446 g/mol. The van der Waals surface area contributed by atoms with Crippen LogP contribution in [0.2, 0.25) is 0 Å². The van der Waals surface area contributed by atoms with E-state index in [9.17, 15) is 19.2 Å². The molecule has 4 rings (SSSR count). The lowest BCUT2D eigenvalue weighted by Crippen LogP contribution is -2.46. The molecule has 0 radical (unpaired) electrons. The molecule has 2 heterocycles. The van der Waals surface area contributed by atoms with Crippen LogP contribution in [0.15, 0.2) is 53.3 Å². The van der Waals surface area contributed by atoms with Crippen LogP contribution in [0.4, 0.5) is 5.69 Å². The number of hydrazine groups is 1. The van der Waals surface area contributed by atoms with Crippen LogP contribution in [-0.2, 0) is 16.1 Å². The van der Waals surface area contributed by atoms with Crippen molar-refractivity contribution in [2.75, 3.05) is 11.4 Å². The van der Waals surface area contributed by atoms with Gasteiger partial charge in [-0.1, -0.05) is 51.1 Å². The monoisotopic (exact) mass is 475 g/mol. The molecule has 1 unspecified atom stereocenters. The standard InChI is InChI=1S/C26H29N5O4/c1-4-12-31-26(35)21-11-6-5-10-20(21)23(29-31)25(34)28-27-24(33)18-14-22(32)30(15-18)19-9-7-8-17(13-19)16(2)3/h5-11,13,16,18H,4,12,14-15H2,1-3H3,(H,27,33)(H,28,34). The molecule has 2 N–H and O–H groups in total. The molecule has 182 valence electrons. The summed E-state index contributed by atoms with van der Waals surface area (Å²) in [5, 5.41) is 5.02. The third-order valence-corrected chi connectivity index (χ3v) is 6.16. The van der Waals surface area contributed by atoms with Crippen LogP contribution in [0.25, 0.3) is 10.8 Å². The molecule has 1 saturated heterocycles. The van der Waals surface area contributed by atoms with Gasteiger partial charge in [0.15, 0.2) is 5.69 Å². The zero-order chi connectivity index (χ0) is 25.1. The zero-order valence-electron chi connectivity index (χ0n) is 20.1. The molecule has 9 heteroatoms. The molecule has 0 bridgehead atoms. The van der Waals surface area contributed by atoms with Crippen molar-refractivity contribution < 1.29 is 14.4 Å². The highest BCUT2D eigenvalue weighted by molar-refractivity contribution is 6.06. The first kappa shape index (κ1) is 24.1. The average molecular weight is 476 g/mol. The Balaban J connectivity index is 1.47. The van der Waals surface area contributed by atoms with E-state index in [0.717, 1.165) is 11.3 Å². The second-order valence-corrected chi connectivity index (χ2v) is 9.02. The highest BCUT2D eigenvalue weighted by atomic mass is 16.2. The fourth-order valence-corrected chi connectivity index (χ4v) is 4.23. The Hall–Kier alpha value is -4.01. The Bertz CT molecular complexity index is 1350. The van der Waals surface area contributed by atoms with Crippen molar-refractivity contribution in [3.63, 3.8) is 0 Å². The number of fused-ring (bicyclic) bond motifs is 1. The van der Waals surface area contributed by atoms with Gasteiger partial charge < -0.3 is 4.90 Å². The molecule has 0 aliphatic carbocycles. The van der Waals surface area contributed by atoms with Gasteiger partial charge in [0.1, 0.15) is 0 Å². The van der Waals surface area contributed by atoms with Gasteiger partial charge in [-0.05, 0) is 36.1 Å². The summed E-state index contributed by atoms with van der Waals surface area (Å²) in [6.07, 6.45) is 0.728. The van der Waals surface area contributed by atoms with Gasteiger partial charge in [-0.3, -0.25) is 30.0 Å². The summed E-state index contributed by atoms with van der Waals surface area (Å²) in [5.41, 5.74) is 6.48. The summed E-state index contributed by atoms with van der Waals surface area (Å²) < 4.78 is 1.26. The van der Waals surface area contributed by atoms with E-state index in [1.54, 1.807) is 29.2 Å². The van der Waals surface area contributed by atoms with Crippen molar-refractivity contribution in [3.05, 3.63) is 70.1 Å². The number of benzene rings is 2. The molecule has 35 heavy (non-hydrogen) atoms. The number of aromatic nitrogens is 2. The van der Waals surface area contributed by atoms with Gasteiger partial charge in [0, 0.05) is 30.6 Å². The number of nitrogens with one attached hydrogen (secondary N) is 2. The van der Waals surface area contributed by atoms with Crippen molar-refractivity contribution in [1.82, 2.24) is 20.6 Å². The van der Waals surface area contributed by atoms with Gasteiger partial charge in [-0.15, -0.1) is 0 Å². The third kappa shape index (κ3) is 4.94. The predicted octanol–water partition coefficient (Wildman–Crippen LogP) is 2.74. The third-order valence-electron chi connectivity index (χ3n) is 6.16. The fraction of sp³-hybridized carbons (Fsp3) is 0.346. The highest BCUT2D eigenvalue weighted by Crippen LogP contribution is 2.28. The molecule has 1 fully saturated rings. The largest absolute Gasteiger partial charge is 0.312 e. The Labute approximate surface area is 203 Å². The lowest BCUT2D eigenvalue weighted by atomic mass is 10.0. The second-order valence-electron chi connectivity index (χ2n) is 9.02. The molecule has 1 aliphatic rings. The van der Waals surface area contributed by atoms with Crippen molar-refractivity contribution in [1.29, 1.82) is 0 Å². The summed E-state index contributed by atoms with van der Waals surface area (Å²) in [7, 11) is 0. The van der Waals surface area contributed by atoms with Crippen LogP contribution in [0.1, 0.15) is 55.6 Å².